The Bertz CT molecular complexity index is 526. The normalized spacial score (nSPS) is 10.5. The van der Waals surface area contributed by atoms with Crippen LogP contribution in [0.3, 0.4) is 0 Å². The Labute approximate surface area is 97.4 Å². The molecule has 2 aromatic rings. The molecule has 0 fully saturated rings. The molecule has 1 N–H and O–H groups in total. The van der Waals surface area contributed by atoms with Gasteiger partial charge in [0.1, 0.15) is 0 Å². The average Bonchev–Trinajstić information content (AvgIpc) is 2.75. The van der Waals surface area contributed by atoms with Crippen LogP contribution in [0.1, 0.15) is 6.42 Å². The van der Waals surface area contributed by atoms with E-state index in [1.54, 1.807) is 23.3 Å². The van der Waals surface area contributed by atoms with Gasteiger partial charge in [-0.1, -0.05) is 0 Å². The Kier molecular flexibility index (Phi) is 3.31. The minimum absolute atomic E-state index is 0.0608. The van der Waals surface area contributed by atoms with E-state index in [-0.39, 0.29) is 5.56 Å². The number of rotatable bonds is 4. The lowest BCUT2D eigenvalue weighted by molar-refractivity contribution is 0.542. The first-order valence-corrected chi connectivity index (χ1v) is 5.42. The summed E-state index contributed by atoms with van der Waals surface area (Å²) in [5.74, 6) is 0. The van der Waals surface area contributed by atoms with Crippen molar-refractivity contribution in [2.24, 2.45) is 0 Å². The van der Waals surface area contributed by atoms with Crippen LogP contribution in [0.15, 0.2) is 35.8 Å². The summed E-state index contributed by atoms with van der Waals surface area (Å²) in [6.45, 7) is 1.45. The van der Waals surface area contributed by atoms with Crippen LogP contribution in [0.2, 0.25) is 0 Å². The van der Waals surface area contributed by atoms with Gasteiger partial charge in [0.2, 0.25) is 0 Å². The first kappa shape index (κ1) is 10.8. The highest BCUT2D eigenvalue weighted by atomic mass is 32.1. The maximum absolute atomic E-state index is 11.5. The van der Waals surface area contributed by atoms with Gasteiger partial charge in [0.25, 0.3) is 5.56 Å². The van der Waals surface area contributed by atoms with Crippen LogP contribution < -0.4 is 5.56 Å². The topological polar surface area (TPSA) is 55.6 Å². The minimum atomic E-state index is -0.0608. The van der Waals surface area contributed by atoms with Gasteiger partial charge in [-0.3, -0.25) is 9.36 Å². The number of aromatic nitrogens is 4. The number of imidazole rings is 1. The highest BCUT2D eigenvalue weighted by molar-refractivity contribution is 7.71. The molecule has 0 aliphatic carbocycles. The van der Waals surface area contributed by atoms with Gasteiger partial charge >= 0.3 is 0 Å². The number of aryl methyl sites for hydroxylation is 1. The highest BCUT2D eigenvalue weighted by Crippen LogP contribution is 1.93. The third kappa shape index (κ3) is 2.46. The molecule has 0 aromatic carbocycles. The minimum Gasteiger partial charge on any atom is -0.339 e. The molecule has 0 saturated heterocycles. The Morgan fingerprint density at radius 1 is 1.44 bits per heavy atom. The second-order valence-corrected chi connectivity index (χ2v) is 3.81. The largest absolute Gasteiger partial charge is 0.339 e. The predicted octanol–water partition coefficient (Wildman–Crippen LogP) is 1.19. The summed E-state index contributed by atoms with van der Waals surface area (Å²) in [4.78, 5) is 18.3. The van der Waals surface area contributed by atoms with Crippen LogP contribution in [0, 0.1) is 4.77 Å². The van der Waals surface area contributed by atoms with E-state index >= 15 is 0 Å². The first-order valence-electron chi connectivity index (χ1n) is 5.01. The summed E-state index contributed by atoms with van der Waals surface area (Å²) >= 11 is 5.04. The predicted molar refractivity (Wildman–Crippen MR) is 62.7 cm³/mol. The van der Waals surface area contributed by atoms with E-state index in [0.29, 0.717) is 11.3 Å². The Morgan fingerprint density at radius 2 is 2.31 bits per heavy atom. The lowest BCUT2D eigenvalue weighted by Crippen LogP contribution is -2.21. The molecule has 0 bridgehead atoms. The van der Waals surface area contributed by atoms with Gasteiger partial charge in [-0.05, 0) is 18.6 Å². The molecular formula is C10H12N4OS. The molecule has 84 valence electrons. The maximum Gasteiger partial charge on any atom is 0.254 e. The molecule has 0 saturated carbocycles. The van der Waals surface area contributed by atoms with Crippen LogP contribution in [0.5, 0.6) is 0 Å². The van der Waals surface area contributed by atoms with Crippen LogP contribution >= 0.6 is 12.2 Å². The highest BCUT2D eigenvalue weighted by Gasteiger charge is 1.97. The van der Waals surface area contributed by atoms with Crippen LogP contribution in [-0.4, -0.2) is 19.1 Å². The van der Waals surface area contributed by atoms with E-state index in [9.17, 15) is 4.79 Å². The molecule has 5 nitrogen and oxygen atoms in total. The molecule has 0 aliphatic rings. The van der Waals surface area contributed by atoms with Crippen molar-refractivity contribution in [2.45, 2.75) is 19.5 Å². The summed E-state index contributed by atoms with van der Waals surface area (Å²) < 4.78 is 4.01. The standard InChI is InChI=1S/C10H12N4OS/c15-9-2-3-12-10(16)14(9)6-1-5-13-7-4-11-8-13/h2-4,7-8H,1,5-6H2,(H,12,16). The fraction of sp³-hybridized carbons (Fsp3) is 0.300. The molecule has 0 unspecified atom stereocenters. The van der Waals surface area contributed by atoms with Gasteiger partial charge in [-0.15, -0.1) is 0 Å². The number of H-pyrrole nitrogens is 1. The molecule has 6 heteroatoms. The molecule has 0 amide bonds. The van der Waals surface area contributed by atoms with Gasteiger partial charge in [0, 0.05) is 37.7 Å². The van der Waals surface area contributed by atoms with Crippen molar-refractivity contribution >= 4 is 12.2 Å². The lowest BCUT2D eigenvalue weighted by Gasteiger charge is -2.05. The smallest absolute Gasteiger partial charge is 0.254 e. The molecule has 2 rings (SSSR count). The molecule has 0 aliphatic heterocycles. The van der Waals surface area contributed by atoms with E-state index in [1.165, 1.54) is 6.07 Å². The van der Waals surface area contributed by atoms with Crippen LogP contribution in [0.4, 0.5) is 0 Å². The van der Waals surface area contributed by atoms with Gasteiger partial charge in [-0.2, -0.15) is 0 Å². The molecule has 0 atom stereocenters. The Hall–Kier alpha value is -1.69. The Balaban J connectivity index is 2.00. The third-order valence-corrected chi connectivity index (χ3v) is 2.64. The zero-order chi connectivity index (χ0) is 11.4. The molecule has 0 radical (unpaired) electrons. The molecule has 0 spiro atoms. The number of nitrogens with zero attached hydrogens (tertiary/aromatic N) is 3. The van der Waals surface area contributed by atoms with E-state index in [0.717, 1.165) is 13.0 Å². The molecule has 2 heterocycles. The number of nitrogens with one attached hydrogen (secondary N) is 1. The lowest BCUT2D eigenvalue weighted by atomic mass is 10.4. The van der Waals surface area contributed by atoms with Crippen LogP contribution in [-0.2, 0) is 13.1 Å². The second-order valence-electron chi connectivity index (χ2n) is 3.43. The molecular weight excluding hydrogens is 224 g/mol. The summed E-state index contributed by atoms with van der Waals surface area (Å²) in [7, 11) is 0. The van der Waals surface area contributed by atoms with Crippen molar-refractivity contribution in [3.63, 3.8) is 0 Å². The van der Waals surface area contributed by atoms with E-state index in [2.05, 4.69) is 9.97 Å². The van der Waals surface area contributed by atoms with Crippen molar-refractivity contribution in [1.29, 1.82) is 0 Å². The van der Waals surface area contributed by atoms with Gasteiger partial charge < -0.3 is 9.55 Å². The van der Waals surface area contributed by atoms with Gasteiger partial charge in [0.05, 0.1) is 6.33 Å². The van der Waals surface area contributed by atoms with E-state index in [1.807, 2.05) is 10.8 Å². The first-order chi connectivity index (χ1) is 7.77. The van der Waals surface area contributed by atoms with Gasteiger partial charge in [0.15, 0.2) is 4.77 Å². The third-order valence-electron chi connectivity index (χ3n) is 2.30. The van der Waals surface area contributed by atoms with E-state index < -0.39 is 0 Å². The van der Waals surface area contributed by atoms with Crippen molar-refractivity contribution < 1.29 is 0 Å². The zero-order valence-corrected chi connectivity index (χ0v) is 9.48. The van der Waals surface area contributed by atoms with Crippen molar-refractivity contribution in [1.82, 2.24) is 19.1 Å². The fourth-order valence-electron chi connectivity index (χ4n) is 1.49. The number of hydrogen-bond donors (Lipinski definition) is 1. The average molecular weight is 236 g/mol. The quantitative estimate of drug-likeness (QED) is 0.811. The van der Waals surface area contributed by atoms with Crippen molar-refractivity contribution in [3.05, 3.63) is 46.1 Å². The summed E-state index contributed by atoms with van der Waals surface area (Å²) in [5.41, 5.74) is -0.0608. The zero-order valence-electron chi connectivity index (χ0n) is 8.67. The summed E-state index contributed by atoms with van der Waals surface area (Å²) in [6, 6.07) is 1.48. The SMILES string of the molecule is O=c1cc[nH]c(=S)n1CCCn1ccnc1. The van der Waals surface area contributed by atoms with Crippen molar-refractivity contribution in [2.75, 3.05) is 0 Å². The van der Waals surface area contributed by atoms with Crippen LogP contribution in [0.25, 0.3) is 0 Å². The molecule has 2 aromatic heterocycles. The van der Waals surface area contributed by atoms with E-state index in [4.69, 9.17) is 12.2 Å². The number of hydrogen-bond acceptors (Lipinski definition) is 3. The summed E-state index contributed by atoms with van der Waals surface area (Å²) in [5, 5.41) is 0. The number of aromatic amines is 1. The van der Waals surface area contributed by atoms with Crippen molar-refractivity contribution in [3.8, 4) is 0 Å². The fourth-order valence-corrected chi connectivity index (χ4v) is 1.74. The maximum atomic E-state index is 11.5. The Morgan fingerprint density at radius 3 is 3.00 bits per heavy atom. The summed E-state index contributed by atoms with van der Waals surface area (Å²) in [6.07, 6.45) is 7.80. The molecule has 16 heavy (non-hydrogen) atoms. The monoisotopic (exact) mass is 236 g/mol. The van der Waals surface area contributed by atoms with Gasteiger partial charge in [-0.25, -0.2) is 4.98 Å². The second kappa shape index (κ2) is 4.89.